The fourth-order valence-corrected chi connectivity index (χ4v) is 3.90. The van der Waals surface area contributed by atoms with Gasteiger partial charge in [0.25, 0.3) is 5.91 Å². The van der Waals surface area contributed by atoms with Crippen molar-refractivity contribution in [2.24, 2.45) is 0 Å². The molecule has 0 unspecified atom stereocenters. The van der Waals surface area contributed by atoms with Gasteiger partial charge in [-0.1, -0.05) is 48.0 Å². The number of carbonyl (C=O) groups is 2. The summed E-state index contributed by atoms with van der Waals surface area (Å²) in [6, 6.07) is 17.6. The number of hydrogen-bond donors (Lipinski definition) is 1. The van der Waals surface area contributed by atoms with Crippen LogP contribution in [0.1, 0.15) is 32.5 Å². The predicted molar refractivity (Wildman–Crippen MR) is 110 cm³/mol. The van der Waals surface area contributed by atoms with Gasteiger partial charge >= 0.3 is 5.97 Å². The molecular formula is C21H15ClN2O3S. The second-order valence-corrected chi connectivity index (χ2v) is 7.13. The van der Waals surface area contributed by atoms with E-state index >= 15 is 0 Å². The van der Waals surface area contributed by atoms with Crippen LogP contribution in [-0.2, 0) is 4.74 Å². The van der Waals surface area contributed by atoms with Gasteiger partial charge in [-0.3, -0.25) is 4.79 Å². The number of anilines is 1. The number of hydrogen-bond acceptors (Lipinski definition) is 5. The van der Waals surface area contributed by atoms with E-state index in [2.05, 4.69) is 11.4 Å². The molecule has 1 heterocycles. The van der Waals surface area contributed by atoms with Gasteiger partial charge in [0.1, 0.15) is 15.9 Å². The van der Waals surface area contributed by atoms with Gasteiger partial charge in [0.15, 0.2) is 0 Å². The fraction of sp³-hybridized carbons (Fsp3) is 0.0952. The summed E-state index contributed by atoms with van der Waals surface area (Å²) in [5.41, 5.74) is 1.72. The van der Waals surface area contributed by atoms with Gasteiger partial charge in [-0.05, 0) is 30.7 Å². The third-order valence-corrected chi connectivity index (χ3v) is 5.18. The molecular weight excluding hydrogens is 396 g/mol. The van der Waals surface area contributed by atoms with Gasteiger partial charge in [-0.2, -0.15) is 5.26 Å². The second-order valence-electron chi connectivity index (χ2n) is 5.67. The van der Waals surface area contributed by atoms with E-state index in [4.69, 9.17) is 16.3 Å². The number of ether oxygens (including phenoxy) is 1. The number of esters is 1. The Balaban J connectivity index is 2.08. The van der Waals surface area contributed by atoms with Crippen LogP contribution in [0.3, 0.4) is 0 Å². The summed E-state index contributed by atoms with van der Waals surface area (Å²) in [6.45, 7) is 1.91. The minimum atomic E-state index is -0.536. The molecule has 0 spiro atoms. The van der Waals surface area contributed by atoms with E-state index in [9.17, 15) is 14.9 Å². The van der Waals surface area contributed by atoms with E-state index in [1.165, 1.54) is 6.07 Å². The zero-order valence-corrected chi connectivity index (χ0v) is 16.4. The topological polar surface area (TPSA) is 79.2 Å². The van der Waals surface area contributed by atoms with E-state index in [1.54, 1.807) is 37.3 Å². The zero-order valence-electron chi connectivity index (χ0n) is 14.9. The first-order valence-electron chi connectivity index (χ1n) is 8.41. The number of carbonyl (C=O) groups excluding carboxylic acids is 2. The van der Waals surface area contributed by atoms with Crippen molar-refractivity contribution in [2.75, 3.05) is 11.9 Å². The maximum absolute atomic E-state index is 12.6. The van der Waals surface area contributed by atoms with Crippen LogP contribution in [-0.4, -0.2) is 18.5 Å². The average Bonchev–Trinajstić information content (AvgIpc) is 3.07. The van der Waals surface area contributed by atoms with Gasteiger partial charge in [-0.25, -0.2) is 4.79 Å². The van der Waals surface area contributed by atoms with Crippen LogP contribution in [0.2, 0.25) is 5.02 Å². The molecule has 1 N–H and O–H groups in total. The van der Waals surface area contributed by atoms with Crippen LogP contribution >= 0.6 is 22.9 Å². The van der Waals surface area contributed by atoms with Crippen LogP contribution in [0.5, 0.6) is 0 Å². The van der Waals surface area contributed by atoms with Crippen molar-refractivity contribution < 1.29 is 14.3 Å². The third-order valence-electron chi connectivity index (χ3n) is 3.86. The van der Waals surface area contributed by atoms with Gasteiger partial charge < -0.3 is 10.1 Å². The second kappa shape index (κ2) is 8.70. The summed E-state index contributed by atoms with van der Waals surface area (Å²) < 4.78 is 5.14. The van der Waals surface area contributed by atoms with Gasteiger partial charge in [0.05, 0.1) is 12.2 Å². The number of amides is 1. The van der Waals surface area contributed by atoms with Crippen molar-refractivity contribution in [2.45, 2.75) is 6.92 Å². The minimum Gasteiger partial charge on any atom is -0.462 e. The molecule has 0 aliphatic carbocycles. The lowest BCUT2D eigenvalue weighted by molar-refractivity contribution is 0.0532. The normalized spacial score (nSPS) is 10.2. The molecule has 0 saturated heterocycles. The van der Waals surface area contributed by atoms with Crippen molar-refractivity contribution in [1.82, 2.24) is 0 Å². The van der Waals surface area contributed by atoms with E-state index in [-0.39, 0.29) is 22.0 Å². The standard InChI is InChI=1S/C21H15ClN2O3S/c1-2-27-21(26)18-17(13-7-4-3-5-8-13)16(12-23)20(28-18)24-19(25)14-9-6-10-15(22)11-14/h3-11H,2H2,1H3,(H,24,25). The molecule has 3 aromatic rings. The molecule has 5 nitrogen and oxygen atoms in total. The predicted octanol–water partition coefficient (Wildman–Crippen LogP) is 5.37. The number of thiophene rings is 1. The lowest BCUT2D eigenvalue weighted by atomic mass is 10.0. The maximum atomic E-state index is 12.6. The first-order valence-corrected chi connectivity index (χ1v) is 9.61. The Morgan fingerprint density at radius 2 is 1.93 bits per heavy atom. The number of nitriles is 1. The average molecular weight is 411 g/mol. The molecule has 0 saturated carbocycles. The van der Waals surface area contributed by atoms with E-state index in [0.717, 1.165) is 11.3 Å². The first kappa shape index (κ1) is 19.6. The van der Waals surface area contributed by atoms with E-state index < -0.39 is 11.9 Å². The van der Waals surface area contributed by atoms with Crippen LogP contribution < -0.4 is 5.32 Å². The molecule has 0 aliphatic heterocycles. The number of rotatable bonds is 5. The Labute approximate surface area is 171 Å². The van der Waals surface area contributed by atoms with Crippen molar-refractivity contribution >= 4 is 39.8 Å². The van der Waals surface area contributed by atoms with Gasteiger partial charge in [0.2, 0.25) is 0 Å². The molecule has 3 rings (SSSR count). The molecule has 1 amide bonds. The maximum Gasteiger partial charge on any atom is 0.349 e. The summed E-state index contributed by atoms with van der Waals surface area (Å²) in [4.78, 5) is 25.3. The van der Waals surface area contributed by atoms with E-state index in [1.807, 2.05) is 18.2 Å². The molecule has 2 aromatic carbocycles. The Morgan fingerprint density at radius 1 is 1.18 bits per heavy atom. The summed E-state index contributed by atoms with van der Waals surface area (Å²) in [5, 5.41) is 13.2. The zero-order chi connectivity index (χ0) is 20.1. The van der Waals surface area contributed by atoms with Crippen molar-refractivity contribution in [3.05, 3.63) is 75.6 Å². The molecule has 1 aromatic heterocycles. The summed E-state index contributed by atoms with van der Waals surface area (Å²) in [5.74, 6) is -0.957. The molecule has 7 heteroatoms. The molecule has 0 fully saturated rings. The van der Waals surface area contributed by atoms with E-state index in [0.29, 0.717) is 21.7 Å². The SMILES string of the molecule is CCOC(=O)c1sc(NC(=O)c2cccc(Cl)c2)c(C#N)c1-c1ccccc1. The van der Waals surface area contributed by atoms with Crippen LogP contribution in [0.25, 0.3) is 11.1 Å². The molecule has 0 bridgehead atoms. The van der Waals surface area contributed by atoms with Crippen molar-refractivity contribution in [3.63, 3.8) is 0 Å². The van der Waals surface area contributed by atoms with Crippen molar-refractivity contribution in [3.8, 4) is 17.2 Å². The molecule has 0 aliphatic rings. The smallest absolute Gasteiger partial charge is 0.349 e. The number of nitrogens with zero attached hydrogens (tertiary/aromatic N) is 1. The lowest BCUT2D eigenvalue weighted by Crippen LogP contribution is -2.11. The van der Waals surface area contributed by atoms with Gasteiger partial charge in [0, 0.05) is 16.1 Å². The monoisotopic (exact) mass is 410 g/mol. The first-order chi connectivity index (χ1) is 13.5. The Morgan fingerprint density at radius 3 is 2.57 bits per heavy atom. The summed E-state index contributed by atoms with van der Waals surface area (Å²) in [6.07, 6.45) is 0. The lowest BCUT2D eigenvalue weighted by Gasteiger charge is -2.05. The Hall–Kier alpha value is -3.14. The van der Waals surface area contributed by atoms with Gasteiger partial charge in [-0.15, -0.1) is 11.3 Å². The minimum absolute atomic E-state index is 0.205. The largest absolute Gasteiger partial charge is 0.462 e. The summed E-state index contributed by atoms with van der Waals surface area (Å²) >= 11 is 6.96. The molecule has 0 radical (unpaired) electrons. The Kier molecular flexibility index (Phi) is 6.09. The quantitative estimate of drug-likeness (QED) is 0.573. The number of halogens is 1. The highest BCUT2D eigenvalue weighted by molar-refractivity contribution is 7.19. The highest BCUT2D eigenvalue weighted by Crippen LogP contribution is 2.40. The van der Waals surface area contributed by atoms with Crippen LogP contribution in [0.15, 0.2) is 54.6 Å². The number of nitrogens with one attached hydrogen (secondary N) is 1. The highest BCUT2D eigenvalue weighted by atomic mass is 35.5. The fourth-order valence-electron chi connectivity index (χ4n) is 2.65. The van der Waals surface area contributed by atoms with Crippen LogP contribution in [0.4, 0.5) is 5.00 Å². The third kappa shape index (κ3) is 4.06. The molecule has 28 heavy (non-hydrogen) atoms. The van der Waals surface area contributed by atoms with Crippen LogP contribution in [0, 0.1) is 11.3 Å². The highest BCUT2D eigenvalue weighted by Gasteiger charge is 2.26. The summed E-state index contributed by atoms with van der Waals surface area (Å²) in [7, 11) is 0. The number of benzene rings is 2. The molecule has 0 atom stereocenters. The van der Waals surface area contributed by atoms with Crippen molar-refractivity contribution in [1.29, 1.82) is 5.26 Å². The molecule has 140 valence electrons. The Bertz CT molecular complexity index is 1070.